The molecule has 8 heteroatoms. The average molecular weight is 400 g/mol. The number of phenols is 1. The molecular formula is C21H24N2O6. The summed E-state index contributed by atoms with van der Waals surface area (Å²) in [5.74, 6) is -1.94. The van der Waals surface area contributed by atoms with Crippen LogP contribution in [0.25, 0.3) is 0 Å². The number of nitro benzene ring substituents is 1. The van der Waals surface area contributed by atoms with Gasteiger partial charge in [-0.15, -0.1) is 0 Å². The number of phenolic OH excluding ortho intramolecular Hbond substituents is 1. The van der Waals surface area contributed by atoms with E-state index in [1.807, 2.05) is 13.8 Å². The zero-order valence-corrected chi connectivity index (χ0v) is 16.9. The Kier molecular flexibility index (Phi) is 5.21. The largest absolute Gasteiger partial charge is 0.502 e. The number of esters is 1. The van der Waals surface area contributed by atoms with Crippen molar-refractivity contribution in [3.05, 3.63) is 56.4 Å². The molecular weight excluding hydrogens is 376 g/mol. The van der Waals surface area contributed by atoms with Crippen LogP contribution < -0.4 is 5.32 Å². The molecule has 1 heterocycles. The van der Waals surface area contributed by atoms with Gasteiger partial charge in [-0.05, 0) is 37.3 Å². The molecule has 0 radical (unpaired) electrons. The van der Waals surface area contributed by atoms with Crippen molar-refractivity contribution in [1.82, 2.24) is 5.32 Å². The van der Waals surface area contributed by atoms with Crippen LogP contribution in [0, 0.1) is 15.5 Å². The van der Waals surface area contributed by atoms with E-state index in [2.05, 4.69) is 5.32 Å². The second-order valence-corrected chi connectivity index (χ2v) is 8.16. The van der Waals surface area contributed by atoms with Crippen molar-refractivity contribution in [2.24, 2.45) is 5.41 Å². The maximum Gasteiger partial charge on any atom is 0.336 e. The molecule has 2 aliphatic rings. The smallest absolute Gasteiger partial charge is 0.336 e. The second kappa shape index (κ2) is 7.35. The number of nitro groups is 1. The first-order valence-electron chi connectivity index (χ1n) is 9.44. The van der Waals surface area contributed by atoms with Crippen LogP contribution in [0.3, 0.4) is 0 Å². The van der Waals surface area contributed by atoms with Crippen LogP contribution in [0.4, 0.5) is 5.69 Å². The van der Waals surface area contributed by atoms with Crippen LogP contribution >= 0.6 is 0 Å². The van der Waals surface area contributed by atoms with Gasteiger partial charge in [-0.25, -0.2) is 4.79 Å². The SMILES string of the molecule is CCOC(=O)C1=C(C)NC2=C(C(=O)CC(C)(C)C2)[C@@H]1c1ccc([N+](=O)[O-])c(O)c1. The number of nitrogens with one attached hydrogen (secondary N) is 1. The van der Waals surface area contributed by atoms with Crippen molar-refractivity contribution in [3.8, 4) is 5.75 Å². The molecule has 29 heavy (non-hydrogen) atoms. The minimum absolute atomic E-state index is 0.0964. The van der Waals surface area contributed by atoms with E-state index in [1.54, 1.807) is 13.8 Å². The van der Waals surface area contributed by atoms with E-state index in [1.165, 1.54) is 18.2 Å². The molecule has 2 N–H and O–H groups in total. The number of benzene rings is 1. The van der Waals surface area contributed by atoms with Crippen LogP contribution in [-0.4, -0.2) is 28.4 Å². The molecule has 3 rings (SSSR count). The lowest BCUT2D eigenvalue weighted by molar-refractivity contribution is -0.385. The zero-order valence-electron chi connectivity index (χ0n) is 16.9. The molecule has 0 aromatic heterocycles. The Labute approximate surface area is 168 Å². The van der Waals surface area contributed by atoms with Gasteiger partial charge in [0.1, 0.15) is 0 Å². The van der Waals surface area contributed by atoms with Crippen molar-refractivity contribution < 1.29 is 24.4 Å². The summed E-state index contributed by atoms with van der Waals surface area (Å²) in [6.45, 7) is 7.60. The van der Waals surface area contributed by atoms with E-state index in [9.17, 15) is 24.8 Å². The molecule has 0 fully saturated rings. The highest BCUT2D eigenvalue weighted by molar-refractivity contribution is 6.04. The molecule has 0 saturated heterocycles. The third-order valence-corrected chi connectivity index (χ3v) is 5.26. The van der Waals surface area contributed by atoms with Gasteiger partial charge < -0.3 is 15.2 Å². The topological polar surface area (TPSA) is 119 Å². The van der Waals surface area contributed by atoms with Crippen LogP contribution in [-0.2, 0) is 14.3 Å². The summed E-state index contributed by atoms with van der Waals surface area (Å²) in [4.78, 5) is 36.2. The van der Waals surface area contributed by atoms with E-state index >= 15 is 0 Å². The highest BCUT2D eigenvalue weighted by Crippen LogP contribution is 2.47. The Morgan fingerprint density at radius 2 is 2.07 bits per heavy atom. The minimum atomic E-state index is -0.763. The molecule has 0 unspecified atom stereocenters. The zero-order chi connectivity index (χ0) is 21.5. The summed E-state index contributed by atoms with van der Waals surface area (Å²) in [5.41, 5.74) is 1.78. The van der Waals surface area contributed by atoms with E-state index in [-0.39, 0.29) is 23.4 Å². The monoisotopic (exact) mass is 400 g/mol. The summed E-state index contributed by atoms with van der Waals surface area (Å²) in [7, 11) is 0. The summed E-state index contributed by atoms with van der Waals surface area (Å²) in [6, 6.07) is 3.90. The first kappa shape index (κ1) is 20.6. The Bertz CT molecular complexity index is 973. The Morgan fingerprint density at radius 3 is 2.66 bits per heavy atom. The fraction of sp³-hybridized carbons (Fsp3) is 0.429. The molecule has 154 valence electrons. The van der Waals surface area contributed by atoms with Gasteiger partial charge >= 0.3 is 11.7 Å². The third kappa shape index (κ3) is 3.74. The number of allylic oxidation sites excluding steroid dienone is 3. The number of nitrogens with zero attached hydrogens (tertiary/aromatic N) is 1. The quantitative estimate of drug-likeness (QED) is 0.451. The summed E-state index contributed by atoms with van der Waals surface area (Å²) in [5, 5.41) is 24.4. The molecule has 1 aliphatic heterocycles. The van der Waals surface area contributed by atoms with Crippen molar-refractivity contribution >= 4 is 17.4 Å². The number of ether oxygens (including phenoxy) is 1. The van der Waals surface area contributed by atoms with Crippen LogP contribution in [0.5, 0.6) is 5.75 Å². The molecule has 0 spiro atoms. The molecule has 0 saturated carbocycles. The predicted molar refractivity (Wildman–Crippen MR) is 105 cm³/mol. The van der Waals surface area contributed by atoms with E-state index < -0.39 is 28.2 Å². The van der Waals surface area contributed by atoms with Gasteiger partial charge in [0.2, 0.25) is 0 Å². The summed E-state index contributed by atoms with van der Waals surface area (Å²) < 4.78 is 5.21. The predicted octanol–water partition coefficient (Wildman–Crippen LogP) is 3.47. The first-order chi connectivity index (χ1) is 13.6. The molecule has 8 nitrogen and oxygen atoms in total. The number of hydrogen-bond acceptors (Lipinski definition) is 7. The Balaban J connectivity index is 2.20. The van der Waals surface area contributed by atoms with Gasteiger partial charge in [0.25, 0.3) is 0 Å². The van der Waals surface area contributed by atoms with Crippen molar-refractivity contribution in [1.29, 1.82) is 0 Å². The van der Waals surface area contributed by atoms with Crippen LogP contribution in [0.2, 0.25) is 0 Å². The lowest BCUT2D eigenvalue weighted by Gasteiger charge is -2.39. The molecule has 1 atom stereocenters. The third-order valence-electron chi connectivity index (χ3n) is 5.26. The molecule has 1 aromatic carbocycles. The maximum atomic E-state index is 13.1. The van der Waals surface area contributed by atoms with Crippen molar-refractivity contribution in [2.45, 2.75) is 46.5 Å². The fourth-order valence-corrected chi connectivity index (χ4v) is 4.12. The van der Waals surface area contributed by atoms with Gasteiger partial charge in [-0.3, -0.25) is 14.9 Å². The van der Waals surface area contributed by atoms with Gasteiger partial charge in [0.05, 0.1) is 17.1 Å². The number of rotatable bonds is 4. The minimum Gasteiger partial charge on any atom is -0.502 e. The first-order valence-corrected chi connectivity index (χ1v) is 9.44. The van der Waals surface area contributed by atoms with Gasteiger partial charge in [-0.1, -0.05) is 19.9 Å². The number of hydrogen-bond donors (Lipinski definition) is 2. The number of dihydropyridines is 1. The van der Waals surface area contributed by atoms with Crippen molar-refractivity contribution in [3.63, 3.8) is 0 Å². The Morgan fingerprint density at radius 1 is 1.38 bits per heavy atom. The average Bonchev–Trinajstić information content (AvgIpc) is 2.59. The van der Waals surface area contributed by atoms with Gasteiger partial charge in [0, 0.05) is 35.4 Å². The highest BCUT2D eigenvalue weighted by atomic mass is 16.6. The van der Waals surface area contributed by atoms with E-state index in [4.69, 9.17) is 4.74 Å². The normalized spacial score (nSPS) is 20.8. The Hall–Kier alpha value is -3.16. The van der Waals surface area contributed by atoms with Gasteiger partial charge in [0.15, 0.2) is 11.5 Å². The second-order valence-electron chi connectivity index (χ2n) is 8.16. The highest BCUT2D eigenvalue weighted by Gasteiger charge is 2.43. The summed E-state index contributed by atoms with van der Waals surface area (Å²) in [6.07, 6.45) is 0.940. The van der Waals surface area contributed by atoms with Crippen molar-refractivity contribution in [2.75, 3.05) is 6.61 Å². The lowest BCUT2D eigenvalue weighted by Crippen LogP contribution is -2.38. The standard InChI is InChI=1S/C21H24N2O6/c1-5-29-20(26)17-11(2)22-13-9-21(3,4)10-16(25)19(13)18(17)12-6-7-14(23(27)28)15(24)8-12/h6-8,18,22,24H,5,9-10H2,1-4H3/t18-/m1/s1. The molecule has 1 aromatic rings. The number of ketones is 1. The van der Waals surface area contributed by atoms with E-state index in [0.717, 1.165) is 5.70 Å². The van der Waals surface area contributed by atoms with Crippen LogP contribution in [0.15, 0.2) is 40.7 Å². The number of Topliss-reactive ketones (excluding diaryl/α,β-unsaturated/α-hetero) is 1. The number of carbonyl (C=O) groups is 2. The van der Waals surface area contributed by atoms with Crippen LogP contribution in [0.1, 0.15) is 52.0 Å². The lowest BCUT2D eigenvalue weighted by atomic mass is 9.68. The molecule has 0 bridgehead atoms. The fourth-order valence-electron chi connectivity index (χ4n) is 4.12. The van der Waals surface area contributed by atoms with E-state index in [0.29, 0.717) is 29.7 Å². The maximum absolute atomic E-state index is 13.1. The number of carbonyl (C=O) groups excluding carboxylic acids is 2. The van der Waals surface area contributed by atoms with Gasteiger partial charge in [-0.2, -0.15) is 0 Å². The number of aromatic hydroxyl groups is 1. The molecule has 0 amide bonds. The summed E-state index contributed by atoms with van der Waals surface area (Å²) >= 11 is 0. The molecule has 1 aliphatic carbocycles.